The molecule has 1 aromatic carbocycles. The van der Waals surface area contributed by atoms with E-state index in [1.54, 1.807) is 13.0 Å². The maximum Gasteiger partial charge on any atom is 0.341 e. The van der Waals surface area contributed by atoms with Crippen molar-refractivity contribution in [2.24, 2.45) is 0 Å². The highest BCUT2D eigenvalue weighted by atomic mass is 16.7. The number of phenolic OH excluding ortho intramolecular Hbond substituents is 1. The topological polar surface area (TPSA) is 98.5 Å². The summed E-state index contributed by atoms with van der Waals surface area (Å²) in [6.07, 6.45) is 2.18. The molecule has 30 heavy (non-hydrogen) atoms. The van der Waals surface area contributed by atoms with Crippen molar-refractivity contribution < 1.29 is 28.5 Å². The van der Waals surface area contributed by atoms with E-state index in [9.17, 15) is 14.7 Å². The maximum atomic E-state index is 13.0. The van der Waals surface area contributed by atoms with Gasteiger partial charge in [0, 0.05) is 23.6 Å². The van der Waals surface area contributed by atoms with E-state index in [0.717, 1.165) is 12.8 Å². The molecule has 0 aliphatic carbocycles. The summed E-state index contributed by atoms with van der Waals surface area (Å²) in [4.78, 5) is 25.6. The molecule has 7 nitrogen and oxygen atoms in total. The number of esters is 1. The van der Waals surface area contributed by atoms with Crippen LogP contribution in [0, 0.1) is 6.92 Å². The second kappa shape index (κ2) is 6.23. The summed E-state index contributed by atoms with van der Waals surface area (Å²) >= 11 is 0. The van der Waals surface area contributed by atoms with E-state index in [4.69, 9.17) is 18.6 Å². The van der Waals surface area contributed by atoms with Crippen LogP contribution < -0.4 is 10.2 Å². The summed E-state index contributed by atoms with van der Waals surface area (Å²) in [5.74, 6) is 0.0910. The number of hydrogen-bond donors (Lipinski definition) is 1. The van der Waals surface area contributed by atoms with E-state index in [0.29, 0.717) is 29.9 Å². The van der Waals surface area contributed by atoms with E-state index >= 15 is 0 Å². The fourth-order valence-electron chi connectivity index (χ4n) is 5.18. The Morgan fingerprint density at radius 1 is 1.17 bits per heavy atom. The van der Waals surface area contributed by atoms with Crippen LogP contribution in [0.2, 0.25) is 0 Å². The van der Waals surface area contributed by atoms with Gasteiger partial charge in [-0.1, -0.05) is 6.42 Å². The van der Waals surface area contributed by atoms with Gasteiger partial charge in [0.05, 0.1) is 6.10 Å². The van der Waals surface area contributed by atoms with E-state index < -0.39 is 17.3 Å². The van der Waals surface area contributed by atoms with Gasteiger partial charge in [-0.2, -0.15) is 0 Å². The summed E-state index contributed by atoms with van der Waals surface area (Å²) in [6, 6.07) is 3.02. The Balaban J connectivity index is 1.68. The lowest BCUT2D eigenvalue weighted by Gasteiger charge is -2.44. The number of ether oxygens (including phenoxy) is 3. The van der Waals surface area contributed by atoms with Crippen LogP contribution in [0.4, 0.5) is 0 Å². The number of carbonyl (C=O) groups excluding carboxylic acids is 1. The Hall–Kier alpha value is -2.54. The smallest absolute Gasteiger partial charge is 0.341 e. The van der Waals surface area contributed by atoms with Crippen LogP contribution in [0.5, 0.6) is 11.5 Å². The Bertz CT molecular complexity index is 1110. The molecule has 2 fully saturated rings. The summed E-state index contributed by atoms with van der Waals surface area (Å²) in [6.45, 7) is 7.31. The minimum atomic E-state index is -0.866. The first-order valence-electron chi connectivity index (χ1n) is 10.5. The van der Waals surface area contributed by atoms with Crippen LogP contribution in [-0.4, -0.2) is 34.5 Å². The lowest BCUT2D eigenvalue weighted by Crippen LogP contribution is -2.52. The lowest BCUT2D eigenvalue weighted by atomic mass is 9.77. The molecule has 0 saturated carbocycles. The molecule has 2 aromatic rings. The summed E-state index contributed by atoms with van der Waals surface area (Å²) in [5.41, 5.74) is -1.22. The van der Waals surface area contributed by atoms with Crippen LogP contribution in [0.15, 0.2) is 21.3 Å². The van der Waals surface area contributed by atoms with Gasteiger partial charge in [-0.3, -0.25) is 4.79 Å². The monoisotopic (exact) mass is 414 g/mol. The molecule has 1 aromatic heterocycles. The van der Waals surface area contributed by atoms with Crippen molar-refractivity contribution in [2.45, 2.75) is 82.7 Å². The fourth-order valence-corrected chi connectivity index (χ4v) is 5.18. The van der Waals surface area contributed by atoms with Crippen molar-refractivity contribution in [1.82, 2.24) is 0 Å². The van der Waals surface area contributed by atoms with Crippen molar-refractivity contribution >= 4 is 16.9 Å². The molecular weight excluding hydrogens is 388 g/mol. The molecule has 0 unspecified atom stereocenters. The van der Waals surface area contributed by atoms with Gasteiger partial charge in [0.25, 0.3) is 0 Å². The molecule has 0 amide bonds. The third-order valence-corrected chi connectivity index (χ3v) is 6.79. The van der Waals surface area contributed by atoms with E-state index in [2.05, 4.69) is 0 Å². The number of carbonyl (C=O) groups is 1. The zero-order valence-corrected chi connectivity index (χ0v) is 17.6. The minimum Gasteiger partial charge on any atom is -0.507 e. The van der Waals surface area contributed by atoms with E-state index in [-0.39, 0.29) is 40.1 Å². The zero-order chi connectivity index (χ0) is 21.4. The van der Waals surface area contributed by atoms with Crippen molar-refractivity contribution in [3.8, 4) is 11.5 Å². The largest absolute Gasteiger partial charge is 0.507 e. The van der Waals surface area contributed by atoms with Gasteiger partial charge in [0.15, 0.2) is 11.0 Å². The molecule has 1 spiro atoms. The molecule has 0 radical (unpaired) electrons. The fraction of sp³-hybridized carbons (Fsp3) is 0.565. The lowest BCUT2D eigenvalue weighted by molar-refractivity contribution is -0.170. The van der Waals surface area contributed by atoms with Gasteiger partial charge in [-0.15, -0.1) is 0 Å². The molecule has 4 atom stereocenters. The normalized spacial score (nSPS) is 32.3. The van der Waals surface area contributed by atoms with Crippen molar-refractivity contribution in [3.63, 3.8) is 0 Å². The molecule has 3 aliphatic rings. The highest BCUT2D eigenvalue weighted by molar-refractivity contribution is 5.88. The van der Waals surface area contributed by atoms with Gasteiger partial charge in [0.1, 0.15) is 39.9 Å². The van der Waals surface area contributed by atoms with Gasteiger partial charge in [-0.25, -0.2) is 4.79 Å². The first kappa shape index (κ1) is 19.4. The van der Waals surface area contributed by atoms with E-state index in [1.807, 2.05) is 20.8 Å². The van der Waals surface area contributed by atoms with E-state index in [1.165, 1.54) is 6.07 Å². The molecule has 2 saturated heterocycles. The molecule has 7 heteroatoms. The Morgan fingerprint density at radius 2 is 1.90 bits per heavy atom. The number of rotatable bonds is 0. The molecule has 3 aliphatic heterocycles. The standard InChI is InChI=1S/C23H26O7/c1-11-9-14(24)18-15(27-11)10-16-17(19(18)25)13-7-5-6-8-23(12(2)29-23)21(26)28-20(13)22(3,4)30-16/h9-10,12-13,20,25H,5-8H2,1-4H3/t12-,13-,20-,23-/m1/s1. The summed E-state index contributed by atoms with van der Waals surface area (Å²) in [7, 11) is 0. The van der Waals surface area contributed by atoms with Gasteiger partial charge in [-0.05, 0) is 47.0 Å². The van der Waals surface area contributed by atoms with Crippen molar-refractivity contribution in [3.05, 3.63) is 33.7 Å². The van der Waals surface area contributed by atoms with Crippen molar-refractivity contribution in [1.29, 1.82) is 0 Å². The zero-order valence-electron chi connectivity index (χ0n) is 17.6. The Kier molecular flexibility index (Phi) is 4.04. The third kappa shape index (κ3) is 2.68. The molecule has 1 N–H and O–H groups in total. The molecule has 160 valence electrons. The van der Waals surface area contributed by atoms with Gasteiger partial charge in [0.2, 0.25) is 0 Å². The minimum absolute atomic E-state index is 0.128. The second-order valence-electron chi connectivity index (χ2n) is 9.26. The van der Waals surface area contributed by atoms with Crippen LogP contribution in [0.25, 0.3) is 11.0 Å². The average molecular weight is 414 g/mol. The summed E-state index contributed by atoms with van der Waals surface area (Å²) < 4.78 is 23.6. The third-order valence-electron chi connectivity index (χ3n) is 6.79. The van der Waals surface area contributed by atoms with Crippen LogP contribution >= 0.6 is 0 Å². The Labute approximate surface area is 173 Å². The highest BCUT2D eigenvalue weighted by Crippen LogP contribution is 2.53. The number of epoxide rings is 1. The number of fused-ring (bicyclic) bond motifs is 4. The number of aryl methyl sites for hydroxylation is 1. The summed E-state index contributed by atoms with van der Waals surface area (Å²) in [5, 5.41) is 11.3. The van der Waals surface area contributed by atoms with Gasteiger partial charge < -0.3 is 23.7 Å². The highest BCUT2D eigenvalue weighted by Gasteiger charge is 2.62. The Morgan fingerprint density at radius 3 is 2.60 bits per heavy atom. The predicted molar refractivity (Wildman–Crippen MR) is 108 cm³/mol. The first-order valence-corrected chi connectivity index (χ1v) is 10.5. The molecule has 4 heterocycles. The first-order chi connectivity index (χ1) is 14.1. The van der Waals surface area contributed by atoms with Crippen molar-refractivity contribution in [2.75, 3.05) is 0 Å². The number of benzene rings is 1. The average Bonchev–Trinajstić information content (AvgIpc) is 3.28. The van der Waals surface area contributed by atoms with Gasteiger partial charge >= 0.3 is 5.97 Å². The number of aromatic hydroxyl groups is 1. The molecular formula is C23H26O7. The number of hydrogen-bond acceptors (Lipinski definition) is 7. The quantitative estimate of drug-likeness (QED) is 0.518. The van der Waals surface area contributed by atoms with Crippen LogP contribution in [0.3, 0.4) is 0 Å². The SMILES string of the molecule is Cc1cc(=O)c2c(O)c3c(cc2o1)OC(C)(C)[C@@H]1OC(=O)[C@]2(CCCC[C@H]31)O[C@@H]2C. The van der Waals surface area contributed by atoms with Crippen LogP contribution in [0.1, 0.15) is 63.7 Å². The maximum absolute atomic E-state index is 13.0. The molecule has 5 rings (SSSR count). The number of phenols is 1. The molecule has 0 bridgehead atoms. The second-order valence-corrected chi connectivity index (χ2v) is 9.26. The predicted octanol–water partition coefficient (Wildman–Crippen LogP) is 3.70. The van der Waals surface area contributed by atoms with Crippen LogP contribution in [-0.2, 0) is 14.3 Å².